The minimum atomic E-state index is -0.132. The molecule has 1 aromatic rings. The topological polar surface area (TPSA) is 83.0 Å². The summed E-state index contributed by atoms with van der Waals surface area (Å²) in [5, 5.41) is 6.14. The highest BCUT2D eigenvalue weighted by molar-refractivity contribution is 5.94. The van der Waals surface area contributed by atoms with Crippen molar-refractivity contribution < 1.29 is 14.3 Å². The molecule has 1 heterocycles. The molecule has 148 valence electrons. The first-order valence-electron chi connectivity index (χ1n) is 9.58. The molecule has 0 aliphatic carbocycles. The Hall–Kier alpha value is -2.57. The Morgan fingerprint density at radius 1 is 1.30 bits per heavy atom. The Labute approximate surface area is 161 Å². The summed E-state index contributed by atoms with van der Waals surface area (Å²) in [5.74, 6) is 0.440. The third kappa shape index (κ3) is 5.98. The van der Waals surface area contributed by atoms with Crippen molar-refractivity contribution in [3.05, 3.63) is 35.4 Å². The van der Waals surface area contributed by atoms with Gasteiger partial charge in [-0.2, -0.15) is 0 Å². The Morgan fingerprint density at radius 2 is 2.11 bits per heavy atom. The summed E-state index contributed by atoms with van der Waals surface area (Å²) in [6.45, 7) is 6.75. The predicted molar refractivity (Wildman–Crippen MR) is 106 cm³/mol. The number of rotatable bonds is 6. The number of amides is 1. The highest BCUT2D eigenvalue weighted by atomic mass is 16.5. The van der Waals surface area contributed by atoms with Crippen molar-refractivity contribution in [2.45, 2.75) is 33.2 Å². The number of guanidine groups is 1. The fourth-order valence-corrected chi connectivity index (χ4v) is 3.22. The van der Waals surface area contributed by atoms with E-state index in [2.05, 4.69) is 20.5 Å². The van der Waals surface area contributed by atoms with E-state index in [1.165, 1.54) is 0 Å². The molecule has 7 heteroatoms. The molecule has 0 aromatic heterocycles. The molecule has 7 nitrogen and oxygen atoms in total. The van der Waals surface area contributed by atoms with Crippen molar-refractivity contribution in [1.82, 2.24) is 15.5 Å². The molecule has 0 spiro atoms. The first-order valence-corrected chi connectivity index (χ1v) is 9.58. The summed E-state index contributed by atoms with van der Waals surface area (Å²) in [5.41, 5.74) is 1.64. The van der Waals surface area contributed by atoms with E-state index in [1.54, 1.807) is 13.1 Å². The number of aliphatic imine (C=N–C) groups is 1. The molecule has 1 unspecified atom stereocenters. The second-order valence-electron chi connectivity index (χ2n) is 6.50. The average molecular weight is 374 g/mol. The van der Waals surface area contributed by atoms with Crippen LogP contribution in [0.15, 0.2) is 29.3 Å². The summed E-state index contributed by atoms with van der Waals surface area (Å²) < 4.78 is 5.16. The molecule has 2 rings (SSSR count). The van der Waals surface area contributed by atoms with E-state index in [0.29, 0.717) is 31.8 Å². The van der Waals surface area contributed by atoms with E-state index < -0.39 is 0 Å². The van der Waals surface area contributed by atoms with Gasteiger partial charge in [0.1, 0.15) is 0 Å². The molecule has 1 aromatic carbocycles. The Kier molecular flexibility index (Phi) is 8.10. The van der Waals surface area contributed by atoms with Gasteiger partial charge in [0.05, 0.1) is 12.5 Å². The Morgan fingerprint density at radius 3 is 2.81 bits per heavy atom. The number of carbonyl (C=O) groups is 2. The highest BCUT2D eigenvalue weighted by Gasteiger charge is 2.28. The fraction of sp³-hybridized carbons (Fsp3) is 0.550. The molecule has 1 aliphatic heterocycles. The number of piperidine rings is 1. The largest absolute Gasteiger partial charge is 0.466 e. The van der Waals surface area contributed by atoms with E-state index in [9.17, 15) is 9.59 Å². The van der Waals surface area contributed by atoms with E-state index in [0.717, 1.165) is 30.9 Å². The fourth-order valence-electron chi connectivity index (χ4n) is 3.22. The lowest BCUT2D eigenvalue weighted by Gasteiger charge is -2.34. The van der Waals surface area contributed by atoms with E-state index >= 15 is 0 Å². The monoisotopic (exact) mass is 374 g/mol. The van der Waals surface area contributed by atoms with E-state index in [1.807, 2.05) is 32.0 Å². The number of nitrogens with zero attached hydrogens (tertiary/aromatic N) is 2. The van der Waals surface area contributed by atoms with Gasteiger partial charge in [-0.05, 0) is 44.4 Å². The van der Waals surface area contributed by atoms with Crippen LogP contribution >= 0.6 is 0 Å². The molecule has 0 radical (unpaired) electrons. The van der Waals surface area contributed by atoms with Crippen molar-refractivity contribution in [1.29, 1.82) is 0 Å². The van der Waals surface area contributed by atoms with Crippen LogP contribution in [0.25, 0.3) is 0 Å². The zero-order valence-corrected chi connectivity index (χ0v) is 16.5. The molecule has 1 fully saturated rings. The predicted octanol–water partition coefficient (Wildman–Crippen LogP) is 1.79. The maximum Gasteiger partial charge on any atom is 0.310 e. The van der Waals surface area contributed by atoms with Crippen molar-refractivity contribution >= 4 is 17.8 Å². The normalized spacial score (nSPS) is 17.4. The third-order valence-electron chi connectivity index (χ3n) is 4.53. The smallest absolute Gasteiger partial charge is 0.310 e. The maximum atomic E-state index is 12.0. The number of hydrogen-bond donors (Lipinski definition) is 2. The van der Waals surface area contributed by atoms with Crippen LogP contribution in [0, 0.1) is 5.92 Å². The zero-order chi connectivity index (χ0) is 19.6. The van der Waals surface area contributed by atoms with E-state index in [4.69, 9.17) is 4.74 Å². The van der Waals surface area contributed by atoms with Crippen LogP contribution in [0.1, 0.15) is 42.6 Å². The summed E-state index contributed by atoms with van der Waals surface area (Å²) >= 11 is 0. The van der Waals surface area contributed by atoms with Gasteiger partial charge in [-0.15, -0.1) is 0 Å². The Bertz CT molecular complexity index is 675. The molecule has 1 atom stereocenters. The second-order valence-corrected chi connectivity index (χ2v) is 6.50. The lowest BCUT2D eigenvalue weighted by atomic mass is 9.98. The molecule has 0 bridgehead atoms. The lowest BCUT2D eigenvalue weighted by Crippen LogP contribution is -2.48. The van der Waals surface area contributed by atoms with Gasteiger partial charge in [-0.1, -0.05) is 12.1 Å². The molecule has 27 heavy (non-hydrogen) atoms. The molecular weight excluding hydrogens is 344 g/mol. The summed E-state index contributed by atoms with van der Waals surface area (Å²) in [6.07, 6.45) is 1.78. The number of nitrogens with one attached hydrogen (secondary N) is 2. The van der Waals surface area contributed by atoms with Gasteiger partial charge in [0.25, 0.3) is 5.91 Å². The SMILES string of the molecule is CCNC(=O)c1cccc(CNC(=NC)N2CCCC(C(=O)OCC)C2)c1. The number of hydrogen-bond acceptors (Lipinski definition) is 4. The summed E-state index contributed by atoms with van der Waals surface area (Å²) in [6, 6.07) is 7.53. The molecular formula is C20H30N4O3. The number of benzene rings is 1. The first-order chi connectivity index (χ1) is 13.1. The molecule has 0 saturated carbocycles. The van der Waals surface area contributed by atoms with Crippen molar-refractivity contribution in [2.75, 3.05) is 33.3 Å². The van der Waals surface area contributed by atoms with Crippen molar-refractivity contribution in [2.24, 2.45) is 10.9 Å². The van der Waals surface area contributed by atoms with Crippen molar-refractivity contribution in [3.63, 3.8) is 0 Å². The van der Waals surface area contributed by atoms with Gasteiger partial charge in [-0.3, -0.25) is 14.6 Å². The number of ether oxygens (including phenoxy) is 1. The molecule has 1 aliphatic rings. The lowest BCUT2D eigenvalue weighted by molar-refractivity contribution is -0.149. The van der Waals surface area contributed by atoms with Crippen LogP contribution in [-0.4, -0.2) is 56.0 Å². The van der Waals surface area contributed by atoms with Crippen LogP contribution in [0.4, 0.5) is 0 Å². The maximum absolute atomic E-state index is 12.0. The highest BCUT2D eigenvalue weighted by Crippen LogP contribution is 2.18. The number of esters is 1. The summed E-state index contributed by atoms with van der Waals surface area (Å²) in [7, 11) is 1.74. The Balaban J connectivity index is 1.96. The van der Waals surface area contributed by atoms with Gasteiger partial charge < -0.3 is 20.3 Å². The van der Waals surface area contributed by atoms with E-state index in [-0.39, 0.29) is 17.8 Å². The standard InChI is InChI=1S/C20H30N4O3/c1-4-22-18(25)16-9-6-8-15(12-16)13-23-20(21-3)24-11-7-10-17(14-24)19(26)27-5-2/h6,8-9,12,17H,4-5,7,10-11,13-14H2,1-3H3,(H,21,23)(H,22,25). The quantitative estimate of drug-likeness (QED) is 0.451. The third-order valence-corrected chi connectivity index (χ3v) is 4.53. The van der Waals surface area contributed by atoms with Crippen LogP contribution in [0.2, 0.25) is 0 Å². The van der Waals surface area contributed by atoms with Gasteiger partial charge in [0, 0.05) is 38.8 Å². The zero-order valence-electron chi connectivity index (χ0n) is 16.5. The van der Waals surface area contributed by atoms with Gasteiger partial charge in [0.2, 0.25) is 0 Å². The van der Waals surface area contributed by atoms with Gasteiger partial charge in [0.15, 0.2) is 5.96 Å². The number of likely N-dealkylation sites (tertiary alicyclic amines) is 1. The average Bonchev–Trinajstić information content (AvgIpc) is 2.69. The van der Waals surface area contributed by atoms with Gasteiger partial charge >= 0.3 is 5.97 Å². The van der Waals surface area contributed by atoms with Crippen molar-refractivity contribution in [3.8, 4) is 0 Å². The van der Waals surface area contributed by atoms with Crippen LogP contribution in [-0.2, 0) is 16.1 Å². The summed E-state index contributed by atoms with van der Waals surface area (Å²) in [4.78, 5) is 30.5. The minimum Gasteiger partial charge on any atom is -0.466 e. The molecule has 1 amide bonds. The van der Waals surface area contributed by atoms with Gasteiger partial charge in [-0.25, -0.2) is 0 Å². The van der Waals surface area contributed by atoms with Crippen LogP contribution in [0.5, 0.6) is 0 Å². The first kappa shape index (κ1) is 20.7. The minimum absolute atomic E-state index is 0.0722. The van der Waals surface area contributed by atoms with Crippen LogP contribution < -0.4 is 10.6 Å². The number of carbonyl (C=O) groups excluding carboxylic acids is 2. The second kappa shape index (κ2) is 10.5. The molecule has 2 N–H and O–H groups in total. The van der Waals surface area contributed by atoms with Crippen LogP contribution in [0.3, 0.4) is 0 Å². The molecule has 1 saturated heterocycles.